The van der Waals surface area contributed by atoms with Crippen LogP contribution in [0, 0.1) is 0 Å². The van der Waals surface area contributed by atoms with E-state index in [0.717, 1.165) is 51.1 Å². The standard InChI is InChI=1S/C58H45BN2O/c1-58(2,3)45-31-27-42(28-32-45)49-37-43(40-17-8-4-9-18-40)29-35-52(49)61-53-36-30-44(41-19-10-5-11-20-41)38-51(53)59-50-34-33-48(39-56(50)62-55-26-16-25-54(61)57(55)59)60(46-21-12-6-13-22-46)47-23-14-7-15-24-47/h4-39H,1-3H3. The van der Waals surface area contributed by atoms with Gasteiger partial charge in [0.1, 0.15) is 11.5 Å². The van der Waals surface area contributed by atoms with E-state index in [0.29, 0.717) is 0 Å². The lowest BCUT2D eigenvalue weighted by Crippen LogP contribution is -2.59. The molecule has 2 aliphatic rings. The fourth-order valence-electron chi connectivity index (χ4n) is 9.40. The van der Waals surface area contributed by atoms with Crippen molar-refractivity contribution in [2.45, 2.75) is 26.2 Å². The topological polar surface area (TPSA) is 15.7 Å². The Kier molecular flexibility index (Phi) is 9.16. The Morgan fingerprint density at radius 2 is 0.968 bits per heavy atom. The minimum absolute atomic E-state index is 0.0477. The molecule has 2 aliphatic heterocycles. The van der Waals surface area contributed by atoms with E-state index >= 15 is 0 Å². The lowest BCUT2D eigenvalue weighted by molar-refractivity contribution is 0.487. The van der Waals surface area contributed by atoms with Crippen LogP contribution in [0.15, 0.2) is 218 Å². The Bertz CT molecular complexity index is 3030. The van der Waals surface area contributed by atoms with Gasteiger partial charge in [-0.05, 0) is 116 Å². The largest absolute Gasteiger partial charge is 0.458 e. The summed E-state index contributed by atoms with van der Waals surface area (Å²) in [4.78, 5) is 4.78. The van der Waals surface area contributed by atoms with Crippen LogP contribution in [-0.4, -0.2) is 6.71 Å². The van der Waals surface area contributed by atoms with Gasteiger partial charge in [0.15, 0.2) is 0 Å². The maximum Gasteiger partial charge on any atom is 0.256 e. The highest BCUT2D eigenvalue weighted by Gasteiger charge is 2.42. The van der Waals surface area contributed by atoms with Crippen LogP contribution in [0.3, 0.4) is 0 Å². The third kappa shape index (κ3) is 6.56. The van der Waals surface area contributed by atoms with Gasteiger partial charge in [-0.2, -0.15) is 0 Å². The minimum atomic E-state index is -0.0612. The average Bonchev–Trinajstić information content (AvgIpc) is 3.32. The zero-order valence-corrected chi connectivity index (χ0v) is 35.2. The second-order valence-electron chi connectivity index (χ2n) is 17.4. The molecule has 0 fully saturated rings. The zero-order chi connectivity index (χ0) is 41.8. The number of ether oxygens (including phenoxy) is 1. The van der Waals surface area contributed by atoms with Crippen LogP contribution in [0.2, 0.25) is 0 Å². The van der Waals surface area contributed by atoms with Crippen molar-refractivity contribution in [2.75, 3.05) is 9.80 Å². The first-order valence-electron chi connectivity index (χ1n) is 21.5. The Balaban J connectivity index is 1.12. The first-order chi connectivity index (χ1) is 30.4. The van der Waals surface area contributed by atoms with Crippen LogP contribution in [0.5, 0.6) is 11.5 Å². The van der Waals surface area contributed by atoms with Gasteiger partial charge in [-0.3, -0.25) is 0 Å². The van der Waals surface area contributed by atoms with Gasteiger partial charge in [0.2, 0.25) is 0 Å². The predicted octanol–water partition coefficient (Wildman–Crippen LogP) is 13.9. The normalized spacial score (nSPS) is 12.5. The Morgan fingerprint density at radius 1 is 0.403 bits per heavy atom. The number of para-hydroxylation sites is 2. The van der Waals surface area contributed by atoms with Crippen LogP contribution < -0.4 is 30.9 Å². The molecule has 296 valence electrons. The second-order valence-corrected chi connectivity index (χ2v) is 17.4. The van der Waals surface area contributed by atoms with Crippen molar-refractivity contribution in [3.05, 3.63) is 224 Å². The van der Waals surface area contributed by atoms with Gasteiger partial charge >= 0.3 is 0 Å². The van der Waals surface area contributed by atoms with Crippen LogP contribution in [0.4, 0.5) is 34.1 Å². The molecule has 0 atom stereocenters. The molecule has 11 rings (SSSR count). The fourth-order valence-corrected chi connectivity index (χ4v) is 9.40. The summed E-state index contributed by atoms with van der Waals surface area (Å²) >= 11 is 0. The average molecular weight is 797 g/mol. The molecule has 0 aromatic heterocycles. The fraction of sp³-hybridized carbons (Fsp3) is 0.0690. The highest BCUT2D eigenvalue weighted by Crippen LogP contribution is 2.47. The van der Waals surface area contributed by atoms with E-state index in [1.165, 1.54) is 49.9 Å². The summed E-state index contributed by atoms with van der Waals surface area (Å²) in [7, 11) is 0. The quantitative estimate of drug-likeness (QED) is 0.149. The van der Waals surface area contributed by atoms with Crippen molar-refractivity contribution in [2.24, 2.45) is 0 Å². The number of benzene rings is 9. The molecular formula is C58H45BN2O. The van der Waals surface area contributed by atoms with E-state index in [-0.39, 0.29) is 12.1 Å². The summed E-state index contributed by atoms with van der Waals surface area (Å²) in [5, 5.41) is 0. The van der Waals surface area contributed by atoms with Crippen molar-refractivity contribution in [3.63, 3.8) is 0 Å². The molecule has 9 aromatic rings. The van der Waals surface area contributed by atoms with Crippen molar-refractivity contribution < 1.29 is 4.74 Å². The lowest BCUT2D eigenvalue weighted by Gasteiger charge is -2.41. The van der Waals surface area contributed by atoms with Gasteiger partial charge < -0.3 is 14.5 Å². The Hall–Kier alpha value is -7.56. The Labute approximate surface area is 365 Å². The van der Waals surface area contributed by atoms with E-state index in [1.807, 2.05) is 0 Å². The minimum Gasteiger partial charge on any atom is -0.458 e. The summed E-state index contributed by atoms with van der Waals surface area (Å²) in [6.07, 6.45) is 0. The maximum atomic E-state index is 7.08. The highest BCUT2D eigenvalue weighted by atomic mass is 16.5. The molecule has 0 radical (unpaired) electrons. The van der Waals surface area contributed by atoms with E-state index in [9.17, 15) is 0 Å². The van der Waals surface area contributed by atoms with Crippen LogP contribution >= 0.6 is 0 Å². The SMILES string of the molecule is CC(C)(C)c1ccc(-c2cc(-c3ccccc3)ccc2N2c3ccc(-c4ccccc4)cc3B3c4ccc(N(c5ccccc5)c5ccccc5)cc4Oc4cccc2c43)cc1. The summed E-state index contributed by atoms with van der Waals surface area (Å²) < 4.78 is 7.08. The number of nitrogens with zero attached hydrogens (tertiary/aromatic N) is 2. The Morgan fingerprint density at radius 3 is 1.58 bits per heavy atom. The van der Waals surface area contributed by atoms with Gasteiger partial charge in [0.05, 0.1) is 5.69 Å². The first-order valence-corrected chi connectivity index (χ1v) is 21.5. The van der Waals surface area contributed by atoms with E-state index in [1.54, 1.807) is 0 Å². The summed E-state index contributed by atoms with van der Waals surface area (Å²) in [6.45, 7) is 6.76. The van der Waals surface area contributed by atoms with Gasteiger partial charge in [-0.1, -0.05) is 172 Å². The van der Waals surface area contributed by atoms with Crippen molar-refractivity contribution >= 4 is 57.2 Å². The number of hydrogen-bond acceptors (Lipinski definition) is 3. The monoisotopic (exact) mass is 796 g/mol. The molecule has 0 spiro atoms. The molecular weight excluding hydrogens is 751 g/mol. The predicted molar refractivity (Wildman–Crippen MR) is 262 cm³/mol. The summed E-state index contributed by atoms with van der Waals surface area (Å²) in [6, 6.07) is 79.1. The van der Waals surface area contributed by atoms with Crippen LogP contribution in [-0.2, 0) is 5.41 Å². The van der Waals surface area contributed by atoms with E-state index in [4.69, 9.17) is 4.74 Å². The third-order valence-corrected chi connectivity index (χ3v) is 12.5. The van der Waals surface area contributed by atoms with Gasteiger partial charge in [0.25, 0.3) is 6.71 Å². The first kappa shape index (κ1) is 37.4. The third-order valence-electron chi connectivity index (χ3n) is 12.5. The molecule has 9 aromatic carbocycles. The van der Waals surface area contributed by atoms with Gasteiger partial charge in [0, 0.05) is 40.1 Å². The molecule has 2 heterocycles. The van der Waals surface area contributed by atoms with Gasteiger partial charge in [-0.25, -0.2) is 0 Å². The molecule has 0 N–H and O–H groups in total. The molecule has 0 aliphatic carbocycles. The molecule has 0 bridgehead atoms. The highest BCUT2D eigenvalue weighted by molar-refractivity contribution is 6.99. The summed E-state index contributed by atoms with van der Waals surface area (Å²) in [5.74, 6) is 1.74. The molecule has 4 heteroatoms. The van der Waals surface area contributed by atoms with E-state index in [2.05, 4.69) is 249 Å². The van der Waals surface area contributed by atoms with Gasteiger partial charge in [-0.15, -0.1) is 0 Å². The van der Waals surface area contributed by atoms with E-state index < -0.39 is 0 Å². The van der Waals surface area contributed by atoms with Crippen molar-refractivity contribution in [1.29, 1.82) is 0 Å². The maximum absolute atomic E-state index is 7.08. The number of hydrogen-bond donors (Lipinski definition) is 0. The molecule has 0 unspecified atom stereocenters. The molecule has 0 amide bonds. The van der Waals surface area contributed by atoms with Crippen LogP contribution in [0.1, 0.15) is 26.3 Å². The number of anilines is 6. The van der Waals surface area contributed by atoms with Crippen LogP contribution in [0.25, 0.3) is 33.4 Å². The van der Waals surface area contributed by atoms with Crippen molar-refractivity contribution in [1.82, 2.24) is 0 Å². The second kappa shape index (κ2) is 15.2. The smallest absolute Gasteiger partial charge is 0.256 e. The summed E-state index contributed by atoms with van der Waals surface area (Å²) in [5.41, 5.74) is 18.7. The zero-order valence-electron chi connectivity index (χ0n) is 35.2. The lowest BCUT2D eigenvalue weighted by atomic mass is 9.34. The number of rotatable bonds is 7. The number of fused-ring (bicyclic) bond motifs is 4. The molecule has 3 nitrogen and oxygen atoms in total. The molecule has 0 saturated carbocycles. The van der Waals surface area contributed by atoms with Crippen molar-refractivity contribution in [3.8, 4) is 44.9 Å². The molecule has 0 saturated heterocycles. The molecule has 62 heavy (non-hydrogen) atoms.